The fraction of sp³-hybridized carbons (Fsp3) is 0.929. The molecular formula is C14H31N3O2. The summed E-state index contributed by atoms with van der Waals surface area (Å²) in [6, 6.07) is 0. The predicted octanol–water partition coefficient (Wildman–Crippen LogP) is 1.93. The lowest BCUT2D eigenvalue weighted by atomic mass is 9.86. The molecule has 0 aromatic rings. The molecule has 0 heterocycles. The number of amidine groups is 1. The minimum atomic E-state index is -0.245. The summed E-state index contributed by atoms with van der Waals surface area (Å²) in [5.41, 5.74) is 5.54. The van der Waals surface area contributed by atoms with Gasteiger partial charge in [0.15, 0.2) is 0 Å². The van der Waals surface area contributed by atoms with Crippen LogP contribution in [0.25, 0.3) is 0 Å². The van der Waals surface area contributed by atoms with E-state index in [4.69, 9.17) is 16.0 Å². The minimum absolute atomic E-state index is 0.141. The fourth-order valence-electron chi connectivity index (χ4n) is 1.90. The number of hydrogen-bond donors (Lipinski definition) is 4. The fourth-order valence-corrected chi connectivity index (χ4v) is 1.90. The van der Waals surface area contributed by atoms with Crippen LogP contribution in [0.2, 0.25) is 0 Å². The van der Waals surface area contributed by atoms with Crippen LogP contribution in [0.5, 0.6) is 0 Å². The van der Waals surface area contributed by atoms with Crippen molar-refractivity contribution in [1.82, 2.24) is 5.32 Å². The zero-order valence-electron chi connectivity index (χ0n) is 12.9. The summed E-state index contributed by atoms with van der Waals surface area (Å²) in [7, 11) is 0. The van der Waals surface area contributed by atoms with Gasteiger partial charge in [0.2, 0.25) is 0 Å². The Labute approximate surface area is 117 Å². The topological polar surface area (TPSA) is 90.9 Å². The van der Waals surface area contributed by atoms with Crippen LogP contribution in [-0.2, 0) is 0 Å². The summed E-state index contributed by atoms with van der Waals surface area (Å²) in [5, 5.41) is 24.1. The lowest BCUT2D eigenvalue weighted by molar-refractivity contribution is 0.207. The number of aliphatic hydroxyl groups is 1. The molecule has 0 saturated carbocycles. The van der Waals surface area contributed by atoms with Crippen LogP contribution in [0.1, 0.15) is 53.4 Å². The van der Waals surface area contributed by atoms with Crippen molar-refractivity contribution in [1.29, 1.82) is 0 Å². The number of nitrogens with zero attached hydrogens (tertiary/aromatic N) is 1. The molecule has 114 valence electrons. The van der Waals surface area contributed by atoms with Crippen molar-refractivity contribution < 1.29 is 10.3 Å². The highest BCUT2D eigenvalue weighted by Gasteiger charge is 2.22. The monoisotopic (exact) mass is 273 g/mol. The van der Waals surface area contributed by atoms with Crippen LogP contribution >= 0.6 is 0 Å². The van der Waals surface area contributed by atoms with Crippen molar-refractivity contribution in [2.75, 3.05) is 19.7 Å². The van der Waals surface area contributed by atoms with Crippen molar-refractivity contribution in [3.63, 3.8) is 0 Å². The Balaban J connectivity index is 3.72. The normalized spacial score (nSPS) is 13.8. The standard InChI is InChI=1S/C14H31N3O2/c1-13(2,8-10-18)11-16-9-6-5-7-14(3,4)12(15)17-19/h16,18-19H,5-11H2,1-4H3,(H2,15,17). The molecule has 0 aromatic carbocycles. The van der Waals surface area contributed by atoms with Crippen LogP contribution in [0, 0.1) is 10.8 Å². The first kappa shape index (κ1) is 18.2. The number of oxime groups is 1. The molecule has 0 unspecified atom stereocenters. The summed E-state index contributed by atoms with van der Waals surface area (Å²) in [6.07, 6.45) is 3.83. The van der Waals surface area contributed by atoms with Gasteiger partial charge in [-0.15, -0.1) is 0 Å². The van der Waals surface area contributed by atoms with Gasteiger partial charge >= 0.3 is 0 Å². The Morgan fingerprint density at radius 1 is 1.16 bits per heavy atom. The minimum Gasteiger partial charge on any atom is -0.409 e. The summed E-state index contributed by atoms with van der Waals surface area (Å²) < 4.78 is 0. The van der Waals surface area contributed by atoms with Gasteiger partial charge in [-0.1, -0.05) is 39.3 Å². The molecule has 5 heteroatoms. The number of aliphatic hydroxyl groups excluding tert-OH is 1. The third-order valence-corrected chi connectivity index (χ3v) is 3.60. The maximum atomic E-state index is 8.94. The number of nitrogens with two attached hydrogens (primary N) is 1. The van der Waals surface area contributed by atoms with Crippen LogP contribution in [0.3, 0.4) is 0 Å². The van der Waals surface area contributed by atoms with Gasteiger partial charge in [0.25, 0.3) is 0 Å². The molecule has 0 atom stereocenters. The Morgan fingerprint density at radius 2 is 1.79 bits per heavy atom. The van der Waals surface area contributed by atoms with Crippen LogP contribution < -0.4 is 11.1 Å². The second kappa shape index (κ2) is 8.38. The molecule has 0 saturated heterocycles. The maximum absolute atomic E-state index is 8.94. The van der Waals surface area contributed by atoms with Gasteiger partial charge in [0, 0.05) is 18.6 Å². The first-order valence-electron chi connectivity index (χ1n) is 7.05. The van der Waals surface area contributed by atoms with E-state index in [0.29, 0.717) is 5.84 Å². The highest BCUT2D eigenvalue weighted by molar-refractivity contribution is 5.85. The van der Waals surface area contributed by atoms with E-state index in [1.54, 1.807) is 0 Å². The van der Waals surface area contributed by atoms with E-state index in [1.165, 1.54) is 0 Å². The molecule has 0 spiro atoms. The Morgan fingerprint density at radius 3 is 2.32 bits per heavy atom. The molecule has 5 nitrogen and oxygen atoms in total. The van der Waals surface area contributed by atoms with Crippen LogP contribution in [0.4, 0.5) is 0 Å². The predicted molar refractivity (Wildman–Crippen MR) is 79.4 cm³/mol. The molecule has 0 amide bonds. The van der Waals surface area contributed by atoms with Gasteiger partial charge in [-0.2, -0.15) is 0 Å². The third kappa shape index (κ3) is 8.06. The molecule has 0 radical (unpaired) electrons. The second-order valence-electron chi connectivity index (χ2n) is 6.64. The largest absolute Gasteiger partial charge is 0.409 e. The van der Waals surface area contributed by atoms with E-state index in [9.17, 15) is 0 Å². The smallest absolute Gasteiger partial charge is 0.144 e. The van der Waals surface area contributed by atoms with Gasteiger partial charge < -0.3 is 21.4 Å². The highest BCUT2D eigenvalue weighted by Crippen LogP contribution is 2.23. The summed E-state index contributed by atoms with van der Waals surface area (Å²) in [4.78, 5) is 0. The number of rotatable bonds is 10. The molecule has 0 fully saturated rings. The van der Waals surface area contributed by atoms with Crippen LogP contribution in [-0.4, -0.2) is 35.8 Å². The van der Waals surface area contributed by atoms with E-state index in [-0.39, 0.29) is 17.4 Å². The maximum Gasteiger partial charge on any atom is 0.144 e. The average molecular weight is 273 g/mol. The van der Waals surface area contributed by atoms with E-state index in [2.05, 4.69) is 24.3 Å². The average Bonchev–Trinajstić information content (AvgIpc) is 2.32. The SMILES string of the molecule is CC(C)(CCO)CNCCCCC(C)(C)C(N)=NO. The zero-order chi connectivity index (χ0) is 14.9. The Bertz CT molecular complexity index is 276. The first-order valence-corrected chi connectivity index (χ1v) is 7.05. The molecule has 0 aliphatic rings. The Hall–Kier alpha value is -0.810. The molecule has 0 aliphatic heterocycles. The number of unbranched alkanes of at least 4 members (excludes halogenated alkanes) is 1. The van der Waals surface area contributed by atoms with Crippen molar-refractivity contribution in [2.45, 2.75) is 53.4 Å². The quantitative estimate of drug-likeness (QED) is 0.161. The van der Waals surface area contributed by atoms with E-state index in [1.807, 2.05) is 13.8 Å². The van der Waals surface area contributed by atoms with E-state index < -0.39 is 0 Å². The Kier molecular flexibility index (Phi) is 8.02. The molecule has 0 aliphatic carbocycles. The molecule has 0 rings (SSSR count). The zero-order valence-corrected chi connectivity index (χ0v) is 12.9. The van der Waals surface area contributed by atoms with E-state index >= 15 is 0 Å². The van der Waals surface area contributed by atoms with Crippen molar-refractivity contribution in [3.05, 3.63) is 0 Å². The third-order valence-electron chi connectivity index (χ3n) is 3.60. The molecule has 19 heavy (non-hydrogen) atoms. The highest BCUT2D eigenvalue weighted by atomic mass is 16.4. The van der Waals surface area contributed by atoms with Gasteiger partial charge in [0.1, 0.15) is 5.84 Å². The second-order valence-corrected chi connectivity index (χ2v) is 6.64. The number of nitrogens with one attached hydrogen (secondary N) is 1. The summed E-state index contributed by atoms with van der Waals surface area (Å²) in [6.45, 7) is 10.4. The van der Waals surface area contributed by atoms with Gasteiger partial charge in [-0.05, 0) is 31.2 Å². The van der Waals surface area contributed by atoms with E-state index in [0.717, 1.165) is 38.8 Å². The molecular weight excluding hydrogens is 242 g/mol. The lowest BCUT2D eigenvalue weighted by Crippen LogP contribution is -2.33. The van der Waals surface area contributed by atoms with Crippen LogP contribution in [0.15, 0.2) is 5.16 Å². The van der Waals surface area contributed by atoms with Gasteiger partial charge in [-0.3, -0.25) is 0 Å². The van der Waals surface area contributed by atoms with Crippen molar-refractivity contribution >= 4 is 5.84 Å². The van der Waals surface area contributed by atoms with Gasteiger partial charge in [-0.25, -0.2) is 0 Å². The van der Waals surface area contributed by atoms with Crippen molar-refractivity contribution in [2.24, 2.45) is 21.7 Å². The molecule has 0 bridgehead atoms. The first-order chi connectivity index (χ1) is 8.75. The number of hydrogen-bond acceptors (Lipinski definition) is 4. The van der Waals surface area contributed by atoms with Crippen molar-refractivity contribution in [3.8, 4) is 0 Å². The molecule has 0 aromatic heterocycles. The summed E-state index contributed by atoms with van der Waals surface area (Å²) >= 11 is 0. The summed E-state index contributed by atoms with van der Waals surface area (Å²) in [5.74, 6) is 0.296. The lowest BCUT2D eigenvalue weighted by Gasteiger charge is -2.25. The van der Waals surface area contributed by atoms with Gasteiger partial charge in [0.05, 0.1) is 0 Å². The molecule has 5 N–H and O–H groups in total.